The first-order valence-electron chi connectivity index (χ1n) is 7.93. The maximum atomic E-state index is 12.8. The molecular weight excluding hydrogens is 324 g/mol. The summed E-state index contributed by atoms with van der Waals surface area (Å²) in [4.78, 5) is 26.6. The van der Waals surface area contributed by atoms with Crippen LogP contribution < -0.4 is 5.32 Å². The fraction of sp³-hybridized carbons (Fsp3) is 0.263. The molecule has 0 aromatic heterocycles. The van der Waals surface area contributed by atoms with Crippen LogP contribution in [-0.2, 0) is 9.59 Å². The van der Waals surface area contributed by atoms with Gasteiger partial charge in [-0.05, 0) is 36.2 Å². The molecule has 0 unspecified atom stereocenters. The minimum absolute atomic E-state index is 0.0689. The number of amides is 2. The van der Waals surface area contributed by atoms with Crippen LogP contribution in [0, 0.1) is 5.92 Å². The Hall–Kier alpha value is -2.33. The topological polar surface area (TPSA) is 49.4 Å². The number of benzene rings is 2. The van der Waals surface area contributed by atoms with Gasteiger partial charge in [-0.3, -0.25) is 9.59 Å². The van der Waals surface area contributed by atoms with Crippen LogP contribution in [0.25, 0.3) is 0 Å². The van der Waals surface area contributed by atoms with Crippen LogP contribution in [-0.4, -0.2) is 23.8 Å². The predicted octanol–water partition coefficient (Wildman–Crippen LogP) is 3.89. The van der Waals surface area contributed by atoms with E-state index in [1.54, 1.807) is 36.2 Å². The zero-order valence-corrected chi connectivity index (χ0v) is 14.2. The lowest BCUT2D eigenvalue weighted by Crippen LogP contribution is -2.44. The normalized spacial score (nSPS) is 20.8. The maximum Gasteiger partial charge on any atom is 0.229 e. The molecule has 1 aliphatic heterocycles. The van der Waals surface area contributed by atoms with Crippen molar-refractivity contribution in [1.82, 2.24) is 4.90 Å². The van der Waals surface area contributed by atoms with Gasteiger partial charge in [-0.15, -0.1) is 0 Å². The molecule has 2 amide bonds. The SMILES string of the molecule is CN1C(=O)CC[C@@H](C(=O)Nc2ccc(Cl)cc2)[C@H]1c1ccccc1. The second kappa shape index (κ2) is 7.05. The summed E-state index contributed by atoms with van der Waals surface area (Å²) < 4.78 is 0. The summed E-state index contributed by atoms with van der Waals surface area (Å²) in [7, 11) is 1.77. The average Bonchev–Trinajstić information content (AvgIpc) is 2.60. The Morgan fingerprint density at radius 2 is 1.79 bits per heavy atom. The first-order chi connectivity index (χ1) is 11.6. The molecule has 0 saturated carbocycles. The number of halogens is 1. The van der Waals surface area contributed by atoms with E-state index in [2.05, 4.69) is 5.32 Å². The molecule has 24 heavy (non-hydrogen) atoms. The Bertz CT molecular complexity index is 731. The summed E-state index contributed by atoms with van der Waals surface area (Å²) in [5.74, 6) is -0.296. The quantitative estimate of drug-likeness (QED) is 0.920. The lowest BCUT2D eigenvalue weighted by atomic mass is 9.84. The fourth-order valence-electron chi connectivity index (χ4n) is 3.19. The van der Waals surface area contributed by atoms with Crippen LogP contribution in [0.15, 0.2) is 54.6 Å². The summed E-state index contributed by atoms with van der Waals surface area (Å²) in [6.45, 7) is 0. The third-order valence-electron chi connectivity index (χ3n) is 4.45. The Morgan fingerprint density at radius 1 is 1.12 bits per heavy atom. The second-order valence-electron chi connectivity index (χ2n) is 6.00. The highest BCUT2D eigenvalue weighted by atomic mass is 35.5. The van der Waals surface area contributed by atoms with E-state index in [-0.39, 0.29) is 23.8 Å². The average molecular weight is 343 g/mol. The number of hydrogen-bond donors (Lipinski definition) is 1. The molecule has 2 aromatic carbocycles. The monoisotopic (exact) mass is 342 g/mol. The molecule has 1 N–H and O–H groups in total. The first-order valence-corrected chi connectivity index (χ1v) is 8.31. The van der Waals surface area contributed by atoms with Gasteiger partial charge >= 0.3 is 0 Å². The van der Waals surface area contributed by atoms with E-state index in [1.807, 2.05) is 30.3 Å². The van der Waals surface area contributed by atoms with E-state index in [1.165, 1.54) is 0 Å². The number of piperidine rings is 1. The van der Waals surface area contributed by atoms with Crippen LogP contribution in [0.3, 0.4) is 0 Å². The smallest absolute Gasteiger partial charge is 0.229 e. The number of nitrogens with one attached hydrogen (secondary N) is 1. The summed E-state index contributed by atoms with van der Waals surface area (Å²) in [6.07, 6.45) is 0.931. The van der Waals surface area contributed by atoms with E-state index in [0.29, 0.717) is 23.6 Å². The largest absolute Gasteiger partial charge is 0.338 e. The van der Waals surface area contributed by atoms with E-state index >= 15 is 0 Å². The van der Waals surface area contributed by atoms with E-state index in [0.717, 1.165) is 5.56 Å². The molecule has 1 aliphatic rings. The number of nitrogens with zero attached hydrogens (tertiary/aromatic N) is 1. The van der Waals surface area contributed by atoms with E-state index in [9.17, 15) is 9.59 Å². The van der Waals surface area contributed by atoms with Crippen LogP contribution in [0.4, 0.5) is 5.69 Å². The number of likely N-dealkylation sites (tertiary alicyclic amines) is 1. The van der Waals surface area contributed by atoms with Gasteiger partial charge in [0.05, 0.1) is 12.0 Å². The number of carbonyl (C=O) groups excluding carboxylic acids is 2. The zero-order valence-electron chi connectivity index (χ0n) is 13.4. The Kier molecular flexibility index (Phi) is 4.86. The van der Waals surface area contributed by atoms with E-state index in [4.69, 9.17) is 11.6 Å². The van der Waals surface area contributed by atoms with Gasteiger partial charge in [-0.25, -0.2) is 0 Å². The molecule has 1 fully saturated rings. The second-order valence-corrected chi connectivity index (χ2v) is 6.44. The lowest BCUT2D eigenvalue weighted by Gasteiger charge is -2.38. The molecule has 0 spiro atoms. The summed E-state index contributed by atoms with van der Waals surface area (Å²) in [6, 6.07) is 16.5. The lowest BCUT2D eigenvalue weighted by molar-refractivity contribution is -0.140. The number of hydrogen-bond acceptors (Lipinski definition) is 2. The summed E-state index contributed by atoms with van der Waals surface area (Å²) >= 11 is 5.88. The molecule has 124 valence electrons. The van der Waals surface area contributed by atoms with Crippen LogP contribution >= 0.6 is 11.6 Å². The van der Waals surface area contributed by atoms with Crippen molar-refractivity contribution in [2.75, 3.05) is 12.4 Å². The van der Waals surface area contributed by atoms with Gasteiger partial charge < -0.3 is 10.2 Å². The van der Waals surface area contributed by atoms with Crippen LogP contribution in [0.2, 0.25) is 5.02 Å². The molecule has 0 radical (unpaired) electrons. The van der Waals surface area contributed by atoms with Crippen LogP contribution in [0.1, 0.15) is 24.4 Å². The molecule has 4 nitrogen and oxygen atoms in total. The first kappa shape index (κ1) is 16.5. The van der Waals surface area contributed by atoms with Crippen LogP contribution in [0.5, 0.6) is 0 Å². The summed E-state index contributed by atoms with van der Waals surface area (Å²) in [5, 5.41) is 3.56. The van der Waals surface area contributed by atoms with Gasteiger partial charge in [0.1, 0.15) is 0 Å². The standard InChI is InChI=1S/C19H19ClN2O2/c1-22-17(23)12-11-16(18(22)13-5-3-2-4-6-13)19(24)21-15-9-7-14(20)8-10-15/h2-10,16,18H,11-12H2,1H3,(H,21,24)/t16-,18-/m1/s1. The number of rotatable bonds is 3. The van der Waals surface area contributed by atoms with Crippen molar-refractivity contribution in [2.45, 2.75) is 18.9 Å². The van der Waals surface area contributed by atoms with Crippen molar-refractivity contribution >= 4 is 29.1 Å². The van der Waals surface area contributed by atoms with Gasteiger partial charge in [0, 0.05) is 24.2 Å². The fourth-order valence-corrected chi connectivity index (χ4v) is 3.31. The minimum Gasteiger partial charge on any atom is -0.338 e. The molecule has 3 rings (SSSR count). The number of carbonyl (C=O) groups is 2. The molecule has 2 atom stereocenters. The maximum absolute atomic E-state index is 12.8. The van der Waals surface area contributed by atoms with Crippen molar-refractivity contribution in [3.63, 3.8) is 0 Å². The molecule has 5 heteroatoms. The van der Waals surface area contributed by atoms with Crippen molar-refractivity contribution in [3.05, 3.63) is 65.2 Å². The van der Waals surface area contributed by atoms with Gasteiger partial charge in [-0.1, -0.05) is 41.9 Å². The molecule has 2 aromatic rings. The highest BCUT2D eigenvalue weighted by Crippen LogP contribution is 2.36. The van der Waals surface area contributed by atoms with Gasteiger partial charge in [-0.2, -0.15) is 0 Å². The van der Waals surface area contributed by atoms with Crippen molar-refractivity contribution < 1.29 is 9.59 Å². The summed E-state index contributed by atoms with van der Waals surface area (Å²) in [5.41, 5.74) is 1.68. The predicted molar refractivity (Wildman–Crippen MR) is 94.8 cm³/mol. The molecular formula is C19H19ClN2O2. The van der Waals surface area contributed by atoms with Gasteiger partial charge in [0.2, 0.25) is 11.8 Å². The Morgan fingerprint density at radius 3 is 2.46 bits per heavy atom. The highest BCUT2D eigenvalue weighted by molar-refractivity contribution is 6.30. The van der Waals surface area contributed by atoms with Gasteiger partial charge in [0.25, 0.3) is 0 Å². The Balaban J connectivity index is 1.84. The van der Waals surface area contributed by atoms with Crippen molar-refractivity contribution in [3.8, 4) is 0 Å². The Labute approximate surface area is 146 Å². The van der Waals surface area contributed by atoms with Crippen molar-refractivity contribution in [1.29, 1.82) is 0 Å². The zero-order chi connectivity index (χ0) is 17.1. The molecule has 1 saturated heterocycles. The third-order valence-corrected chi connectivity index (χ3v) is 4.70. The minimum atomic E-state index is -0.286. The molecule has 0 bridgehead atoms. The third kappa shape index (κ3) is 3.44. The van der Waals surface area contributed by atoms with E-state index < -0.39 is 0 Å². The van der Waals surface area contributed by atoms with Crippen molar-refractivity contribution in [2.24, 2.45) is 5.92 Å². The number of anilines is 1. The molecule has 0 aliphatic carbocycles. The highest BCUT2D eigenvalue weighted by Gasteiger charge is 2.38. The van der Waals surface area contributed by atoms with Gasteiger partial charge in [0.15, 0.2) is 0 Å². The molecule has 1 heterocycles.